The van der Waals surface area contributed by atoms with E-state index in [0.717, 1.165) is 65.5 Å². The number of piperidine rings is 1. The molecule has 1 amide bonds. The Morgan fingerprint density at radius 1 is 1.06 bits per heavy atom. The van der Waals surface area contributed by atoms with E-state index in [9.17, 15) is 4.79 Å². The van der Waals surface area contributed by atoms with Crippen molar-refractivity contribution < 1.29 is 4.79 Å². The lowest BCUT2D eigenvalue weighted by Gasteiger charge is -2.33. The maximum Gasteiger partial charge on any atom is 0.225 e. The van der Waals surface area contributed by atoms with Gasteiger partial charge in [0, 0.05) is 13.1 Å². The van der Waals surface area contributed by atoms with E-state index in [2.05, 4.69) is 46.6 Å². The minimum Gasteiger partial charge on any atom is -0.349 e. The zero-order chi connectivity index (χ0) is 23.1. The largest absolute Gasteiger partial charge is 0.349 e. The van der Waals surface area contributed by atoms with E-state index in [0.29, 0.717) is 6.54 Å². The number of hydrogen-bond acceptors (Lipinski definition) is 5. The van der Waals surface area contributed by atoms with Gasteiger partial charge in [-0.15, -0.1) is 0 Å². The summed E-state index contributed by atoms with van der Waals surface area (Å²) in [6.07, 6.45) is 5.18. The van der Waals surface area contributed by atoms with E-state index < -0.39 is 0 Å². The van der Waals surface area contributed by atoms with Gasteiger partial charge in [0.25, 0.3) is 0 Å². The number of aromatic nitrogens is 3. The molecule has 1 N–H and O–H groups in total. The number of anilines is 1. The van der Waals surface area contributed by atoms with Gasteiger partial charge in [0.1, 0.15) is 0 Å². The second kappa shape index (κ2) is 8.87. The average molecular weight is 472 g/mol. The van der Waals surface area contributed by atoms with Crippen LogP contribution in [0, 0.1) is 12.8 Å². The molecule has 2 unspecified atom stereocenters. The SMILES string of the molecule is Cc1nn(-c2ccccc2)c2nc(N3CCCC(C(=O)NC4CCCc5ccccc54)C3)sc12. The first-order chi connectivity index (χ1) is 16.7. The summed E-state index contributed by atoms with van der Waals surface area (Å²) in [6.45, 7) is 3.69. The Morgan fingerprint density at radius 3 is 2.76 bits per heavy atom. The first-order valence-electron chi connectivity index (χ1n) is 12.2. The van der Waals surface area contributed by atoms with Crippen molar-refractivity contribution in [2.24, 2.45) is 5.92 Å². The summed E-state index contributed by atoms with van der Waals surface area (Å²) >= 11 is 1.69. The second-order valence-corrected chi connectivity index (χ2v) is 10.4. The lowest BCUT2D eigenvalue weighted by atomic mass is 9.87. The maximum atomic E-state index is 13.3. The fourth-order valence-corrected chi connectivity index (χ4v) is 6.39. The zero-order valence-electron chi connectivity index (χ0n) is 19.4. The van der Waals surface area contributed by atoms with Gasteiger partial charge in [0.2, 0.25) is 5.91 Å². The van der Waals surface area contributed by atoms with Crippen LogP contribution in [0.4, 0.5) is 5.13 Å². The van der Waals surface area contributed by atoms with Crippen LogP contribution < -0.4 is 10.2 Å². The number of nitrogens with one attached hydrogen (secondary N) is 1. The highest BCUT2D eigenvalue weighted by molar-refractivity contribution is 7.22. The van der Waals surface area contributed by atoms with E-state index in [1.165, 1.54) is 11.1 Å². The summed E-state index contributed by atoms with van der Waals surface area (Å²) in [5.41, 5.74) is 5.57. The monoisotopic (exact) mass is 471 g/mol. The number of para-hydroxylation sites is 1. The molecule has 2 aliphatic rings. The minimum atomic E-state index is -0.0124. The zero-order valence-corrected chi connectivity index (χ0v) is 20.2. The van der Waals surface area contributed by atoms with Gasteiger partial charge < -0.3 is 10.2 Å². The number of fused-ring (bicyclic) bond motifs is 2. The standard InChI is InChI=1S/C27H29N5OS/c1-18-24-25(32(30-18)21-12-3-2-4-13-21)29-27(34-24)31-16-8-11-20(17-31)26(33)28-23-15-7-10-19-9-5-6-14-22(19)23/h2-6,9,12-14,20,23H,7-8,10-11,15-17H2,1H3,(H,28,33). The first kappa shape index (κ1) is 21.4. The number of carbonyl (C=O) groups is 1. The van der Waals surface area contributed by atoms with Crippen LogP contribution >= 0.6 is 11.3 Å². The predicted molar refractivity (Wildman–Crippen MR) is 137 cm³/mol. The number of thiazole rings is 1. The predicted octanol–water partition coefficient (Wildman–Crippen LogP) is 5.20. The Hall–Kier alpha value is -3.19. The van der Waals surface area contributed by atoms with E-state index >= 15 is 0 Å². The molecule has 34 heavy (non-hydrogen) atoms. The van der Waals surface area contributed by atoms with Gasteiger partial charge in [-0.05, 0) is 62.3 Å². The highest BCUT2D eigenvalue weighted by Crippen LogP contribution is 2.35. The summed E-state index contributed by atoms with van der Waals surface area (Å²) in [7, 11) is 0. The van der Waals surface area contributed by atoms with Crippen LogP contribution in [0.25, 0.3) is 16.0 Å². The Morgan fingerprint density at radius 2 is 1.88 bits per heavy atom. The molecule has 6 rings (SSSR count). The smallest absolute Gasteiger partial charge is 0.225 e. The van der Waals surface area contributed by atoms with Crippen LogP contribution in [0.15, 0.2) is 54.6 Å². The molecular weight excluding hydrogens is 442 g/mol. The Bertz CT molecular complexity index is 1330. The minimum absolute atomic E-state index is 0.0124. The fourth-order valence-electron chi connectivity index (χ4n) is 5.37. The van der Waals surface area contributed by atoms with Gasteiger partial charge in [-0.1, -0.05) is 53.8 Å². The number of nitrogens with zero attached hydrogens (tertiary/aromatic N) is 4. The van der Waals surface area contributed by atoms with Crippen molar-refractivity contribution in [2.75, 3.05) is 18.0 Å². The Balaban J connectivity index is 1.21. The molecule has 0 bridgehead atoms. The van der Waals surface area contributed by atoms with Crippen LogP contribution in [0.3, 0.4) is 0 Å². The molecule has 6 nitrogen and oxygen atoms in total. The molecule has 174 valence electrons. The van der Waals surface area contributed by atoms with Crippen molar-refractivity contribution in [1.82, 2.24) is 20.1 Å². The lowest BCUT2D eigenvalue weighted by Crippen LogP contribution is -2.44. The van der Waals surface area contributed by atoms with Gasteiger partial charge in [-0.2, -0.15) is 10.1 Å². The van der Waals surface area contributed by atoms with Crippen molar-refractivity contribution in [3.8, 4) is 5.69 Å². The summed E-state index contributed by atoms with van der Waals surface area (Å²) < 4.78 is 3.04. The molecule has 2 aromatic heterocycles. The topological polar surface area (TPSA) is 63.1 Å². The molecule has 0 radical (unpaired) electrons. The quantitative estimate of drug-likeness (QED) is 0.444. The number of benzene rings is 2. The van der Waals surface area contributed by atoms with Crippen LogP contribution in [-0.2, 0) is 11.2 Å². The lowest BCUT2D eigenvalue weighted by molar-refractivity contribution is -0.126. The molecule has 2 atom stereocenters. The highest BCUT2D eigenvalue weighted by atomic mass is 32.1. The van der Waals surface area contributed by atoms with Crippen molar-refractivity contribution in [2.45, 2.75) is 45.1 Å². The maximum absolute atomic E-state index is 13.3. The summed E-state index contributed by atoms with van der Waals surface area (Å²) in [4.78, 5) is 20.6. The van der Waals surface area contributed by atoms with Crippen molar-refractivity contribution >= 4 is 32.7 Å². The van der Waals surface area contributed by atoms with E-state index in [4.69, 9.17) is 10.1 Å². The molecule has 0 spiro atoms. The van der Waals surface area contributed by atoms with E-state index in [1.807, 2.05) is 29.8 Å². The molecule has 1 saturated heterocycles. The van der Waals surface area contributed by atoms with Gasteiger partial charge >= 0.3 is 0 Å². The Labute approximate surface area is 203 Å². The molecule has 1 fully saturated rings. The third-order valence-electron chi connectivity index (χ3n) is 7.13. The molecule has 3 heterocycles. The fraction of sp³-hybridized carbons (Fsp3) is 0.370. The van der Waals surface area contributed by atoms with Crippen LogP contribution in [0.2, 0.25) is 0 Å². The number of rotatable bonds is 4. The molecule has 0 saturated carbocycles. The number of amides is 1. The van der Waals surface area contributed by atoms with Gasteiger partial charge in [0.05, 0.1) is 28.0 Å². The molecule has 1 aliphatic carbocycles. The Kier molecular flexibility index (Phi) is 5.57. The normalized spacial score (nSPS) is 20.3. The van der Waals surface area contributed by atoms with Gasteiger partial charge in [-0.3, -0.25) is 4.79 Å². The highest BCUT2D eigenvalue weighted by Gasteiger charge is 2.30. The average Bonchev–Trinajstić information content (AvgIpc) is 3.45. The van der Waals surface area contributed by atoms with Crippen LogP contribution in [0.1, 0.15) is 48.5 Å². The number of hydrogen-bond donors (Lipinski definition) is 1. The molecular formula is C27H29N5OS. The molecule has 4 aromatic rings. The summed E-state index contributed by atoms with van der Waals surface area (Å²) in [6, 6.07) is 18.8. The molecule has 7 heteroatoms. The van der Waals surface area contributed by atoms with Crippen LogP contribution in [0.5, 0.6) is 0 Å². The van der Waals surface area contributed by atoms with Crippen molar-refractivity contribution in [3.63, 3.8) is 0 Å². The number of carbonyl (C=O) groups excluding carboxylic acids is 1. The summed E-state index contributed by atoms with van der Waals surface area (Å²) in [5, 5.41) is 9.08. The van der Waals surface area contributed by atoms with Crippen molar-refractivity contribution in [1.29, 1.82) is 0 Å². The van der Waals surface area contributed by atoms with Crippen molar-refractivity contribution in [3.05, 3.63) is 71.4 Å². The second-order valence-electron chi connectivity index (χ2n) is 9.42. The molecule has 2 aromatic carbocycles. The third kappa shape index (κ3) is 3.88. The number of aryl methyl sites for hydroxylation is 2. The van der Waals surface area contributed by atoms with Crippen LogP contribution in [-0.4, -0.2) is 33.8 Å². The summed E-state index contributed by atoms with van der Waals surface area (Å²) in [5.74, 6) is 0.167. The van der Waals surface area contributed by atoms with E-state index in [1.54, 1.807) is 11.3 Å². The van der Waals surface area contributed by atoms with Gasteiger partial charge in [0.15, 0.2) is 10.8 Å². The molecule has 1 aliphatic heterocycles. The third-order valence-corrected chi connectivity index (χ3v) is 8.34. The van der Waals surface area contributed by atoms with E-state index in [-0.39, 0.29) is 17.9 Å². The van der Waals surface area contributed by atoms with Gasteiger partial charge in [-0.25, -0.2) is 4.68 Å². The first-order valence-corrected chi connectivity index (χ1v) is 13.0.